The van der Waals surface area contributed by atoms with E-state index >= 15 is 0 Å². The van der Waals surface area contributed by atoms with Gasteiger partial charge in [-0.3, -0.25) is 9.36 Å². The molecule has 1 N–H and O–H groups in total. The van der Waals surface area contributed by atoms with Crippen LogP contribution in [0.5, 0.6) is 5.88 Å². The molecule has 6 nitrogen and oxygen atoms in total. The Bertz CT molecular complexity index is 423. The Labute approximate surface area is 72.4 Å². The number of carboxylic acid groups (broad SMARTS) is 1. The minimum absolute atomic E-state index is 0.104. The van der Waals surface area contributed by atoms with Gasteiger partial charge in [0.05, 0.1) is 6.54 Å². The fourth-order valence-corrected chi connectivity index (χ4v) is 1.21. The van der Waals surface area contributed by atoms with Crippen molar-refractivity contribution in [2.75, 3.05) is 6.61 Å². The predicted octanol–water partition coefficient (Wildman–Crippen LogP) is -0.666. The zero-order valence-electron chi connectivity index (χ0n) is 6.56. The molecule has 1 aromatic rings. The van der Waals surface area contributed by atoms with Gasteiger partial charge in [0.2, 0.25) is 5.88 Å². The van der Waals surface area contributed by atoms with Crippen LogP contribution in [0.3, 0.4) is 0 Å². The molecule has 0 aliphatic carbocycles. The Morgan fingerprint density at radius 2 is 2.46 bits per heavy atom. The van der Waals surface area contributed by atoms with Crippen LogP contribution in [-0.4, -0.2) is 27.2 Å². The highest BCUT2D eigenvalue weighted by molar-refractivity contribution is 5.89. The summed E-state index contributed by atoms with van der Waals surface area (Å²) in [6.45, 7) is 0.911. The third kappa shape index (κ3) is 1.07. The van der Waals surface area contributed by atoms with E-state index in [1.165, 1.54) is 10.9 Å². The number of aromatic carboxylic acids is 1. The average molecular weight is 182 g/mol. The van der Waals surface area contributed by atoms with E-state index in [1.807, 2.05) is 0 Å². The van der Waals surface area contributed by atoms with E-state index in [0.717, 1.165) is 0 Å². The zero-order valence-corrected chi connectivity index (χ0v) is 6.56. The minimum Gasteiger partial charge on any atom is -0.477 e. The smallest absolute Gasteiger partial charge is 0.346 e. The average Bonchev–Trinajstić information content (AvgIpc) is 2.50. The molecule has 0 saturated carbocycles. The molecule has 13 heavy (non-hydrogen) atoms. The first-order valence-corrected chi connectivity index (χ1v) is 3.65. The van der Waals surface area contributed by atoms with Gasteiger partial charge >= 0.3 is 5.97 Å². The van der Waals surface area contributed by atoms with Gasteiger partial charge in [-0.2, -0.15) is 4.98 Å². The van der Waals surface area contributed by atoms with E-state index in [2.05, 4.69) is 4.98 Å². The highest BCUT2D eigenvalue weighted by Crippen LogP contribution is 2.18. The van der Waals surface area contributed by atoms with Gasteiger partial charge in [0, 0.05) is 0 Å². The number of rotatable bonds is 1. The molecule has 1 aromatic heterocycles. The topological polar surface area (TPSA) is 81.4 Å². The van der Waals surface area contributed by atoms with E-state index in [0.29, 0.717) is 13.2 Å². The summed E-state index contributed by atoms with van der Waals surface area (Å²) in [7, 11) is 0. The van der Waals surface area contributed by atoms with Gasteiger partial charge in [0.15, 0.2) is 5.56 Å². The Hall–Kier alpha value is -1.85. The Balaban J connectivity index is 2.72. The number of hydrogen-bond donors (Lipinski definition) is 1. The number of fused-ring (bicyclic) bond motifs is 1. The summed E-state index contributed by atoms with van der Waals surface area (Å²) in [5, 5.41) is 8.70. The third-order valence-corrected chi connectivity index (χ3v) is 1.79. The lowest BCUT2D eigenvalue weighted by Crippen LogP contribution is -2.20. The number of carboxylic acids is 1. The molecule has 2 heterocycles. The highest BCUT2D eigenvalue weighted by Gasteiger charge is 2.23. The second-order valence-corrected chi connectivity index (χ2v) is 2.58. The minimum atomic E-state index is -1.30. The van der Waals surface area contributed by atoms with Crippen molar-refractivity contribution >= 4 is 5.97 Å². The van der Waals surface area contributed by atoms with Crippen LogP contribution in [0.2, 0.25) is 0 Å². The molecule has 0 atom stereocenters. The van der Waals surface area contributed by atoms with E-state index in [1.54, 1.807) is 0 Å². The molecular formula is C7H6N2O4. The fourth-order valence-electron chi connectivity index (χ4n) is 1.21. The van der Waals surface area contributed by atoms with Crippen molar-refractivity contribution in [2.24, 2.45) is 0 Å². The van der Waals surface area contributed by atoms with Gasteiger partial charge in [0.1, 0.15) is 12.9 Å². The van der Waals surface area contributed by atoms with Crippen molar-refractivity contribution < 1.29 is 14.6 Å². The maximum absolute atomic E-state index is 11.0. The molecule has 0 fully saturated rings. The quantitative estimate of drug-likeness (QED) is 0.623. The highest BCUT2D eigenvalue weighted by atomic mass is 16.5. The van der Waals surface area contributed by atoms with Crippen molar-refractivity contribution in [1.29, 1.82) is 0 Å². The van der Waals surface area contributed by atoms with E-state index < -0.39 is 11.5 Å². The first-order chi connectivity index (χ1) is 6.20. The fraction of sp³-hybridized carbons (Fsp3) is 0.286. The molecule has 6 heteroatoms. The predicted molar refractivity (Wildman–Crippen MR) is 41.0 cm³/mol. The van der Waals surface area contributed by atoms with E-state index in [4.69, 9.17) is 9.84 Å². The molecule has 0 unspecified atom stereocenters. The summed E-state index contributed by atoms with van der Waals surface area (Å²) < 4.78 is 6.52. The summed E-state index contributed by atoms with van der Waals surface area (Å²) in [6.07, 6.45) is 1.29. The molecule has 0 saturated heterocycles. The van der Waals surface area contributed by atoms with Crippen LogP contribution in [-0.2, 0) is 6.54 Å². The van der Waals surface area contributed by atoms with Gasteiger partial charge in [-0.05, 0) is 0 Å². The number of aromatic nitrogens is 2. The summed E-state index contributed by atoms with van der Waals surface area (Å²) in [4.78, 5) is 25.1. The monoisotopic (exact) mass is 182 g/mol. The number of carbonyl (C=O) groups is 1. The lowest BCUT2D eigenvalue weighted by molar-refractivity contribution is 0.0690. The normalized spacial score (nSPS) is 13.5. The Morgan fingerprint density at radius 1 is 1.69 bits per heavy atom. The second-order valence-electron chi connectivity index (χ2n) is 2.58. The number of hydrogen-bond acceptors (Lipinski definition) is 4. The molecule has 68 valence electrons. The van der Waals surface area contributed by atoms with Crippen LogP contribution in [0, 0.1) is 0 Å². The van der Waals surface area contributed by atoms with Crippen molar-refractivity contribution in [3.8, 4) is 5.88 Å². The summed E-state index contributed by atoms with van der Waals surface area (Å²) >= 11 is 0. The van der Waals surface area contributed by atoms with Crippen LogP contribution in [0.4, 0.5) is 0 Å². The van der Waals surface area contributed by atoms with Gasteiger partial charge in [0.25, 0.3) is 5.56 Å². The largest absolute Gasteiger partial charge is 0.477 e. The molecule has 2 rings (SSSR count). The van der Waals surface area contributed by atoms with Crippen LogP contribution >= 0.6 is 0 Å². The van der Waals surface area contributed by atoms with Crippen molar-refractivity contribution in [3.05, 3.63) is 22.2 Å². The Kier molecular flexibility index (Phi) is 1.54. The lowest BCUT2D eigenvalue weighted by atomic mass is 10.3. The third-order valence-electron chi connectivity index (χ3n) is 1.79. The van der Waals surface area contributed by atoms with Crippen molar-refractivity contribution in [2.45, 2.75) is 6.54 Å². The van der Waals surface area contributed by atoms with Gasteiger partial charge < -0.3 is 9.84 Å². The lowest BCUT2D eigenvalue weighted by Gasteiger charge is -2.02. The van der Waals surface area contributed by atoms with Gasteiger partial charge in [-0.1, -0.05) is 0 Å². The molecule has 0 spiro atoms. The van der Waals surface area contributed by atoms with E-state index in [-0.39, 0.29) is 11.4 Å². The number of ether oxygens (including phenoxy) is 1. The van der Waals surface area contributed by atoms with Crippen LogP contribution < -0.4 is 10.3 Å². The summed E-state index contributed by atoms with van der Waals surface area (Å²) in [5.74, 6) is -1.20. The van der Waals surface area contributed by atoms with Crippen LogP contribution in [0.15, 0.2) is 11.1 Å². The Morgan fingerprint density at radius 3 is 3.15 bits per heavy atom. The molecule has 1 aliphatic heterocycles. The molecule has 0 aromatic carbocycles. The summed E-state index contributed by atoms with van der Waals surface area (Å²) in [6, 6.07) is 0. The standard InChI is InChI=1S/C7H6N2O4/c10-5-4(7(11)12)6-9(3-8-5)1-2-13-6/h3H,1-2H2,(H,11,12). The van der Waals surface area contributed by atoms with Crippen LogP contribution in [0.25, 0.3) is 0 Å². The van der Waals surface area contributed by atoms with Gasteiger partial charge in [-0.15, -0.1) is 0 Å². The first kappa shape index (κ1) is 7.78. The maximum atomic E-state index is 11.0. The molecule has 1 aliphatic rings. The van der Waals surface area contributed by atoms with Gasteiger partial charge in [-0.25, -0.2) is 4.79 Å². The SMILES string of the molecule is O=C(O)c1c2n(cnc1=O)CCO2. The molecule has 0 amide bonds. The van der Waals surface area contributed by atoms with Crippen molar-refractivity contribution in [3.63, 3.8) is 0 Å². The molecular weight excluding hydrogens is 176 g/mol. The second kappa shape index (κ2) is 2.58. The van der Waals surface area contributed by atoms with E-state index in [9.17, 15) is 9.59 Å². The summed E-state index contributed by atoms with van der Waals surface area (Å²) in [5.41, 5.74) is -1.15. The molecule has 0 bridgehead atoms. The molecule has 0 radical (unpaired) electrons. The van der Waals surface area contributed by atoms with Crippen molar-refractivity contribution in [1.82, 2.24) is 9.55 Å². The zero-order chi connectivity index (χ0) is 9.42. The first-order valence-electron chi connectivity index (χ1n) is 3.65. The van der Waals surface area contributed by atoms with Crippen LogP contribution in [0.1, 0.15) is 10.4 Å². The maximum Gasteiger partial charge on any atom is 0.346 e. The number of nitrogens with zero attached hydrogens (tertiary/aromatic N) is 2.